The molecule has 2 N–H and O–H groups in total. The summed E-state index contributed by atoms with van der Waals surface area (Å²) in [4.78, 5) is 27.2. The quantitative estimate of drug-likeness (QED) is 0.896. The summed E-state index contributed by atoms with van der Waals surface area (Å²) in [6.07, 6.45) is 1.47. The van der Waals surface area contributed by atoms with Gasteiger partial charge in [-0.15, -0.1) is 0 Å². The fraction of sp³-hybridized carbons (Fsp3) is 0.188. The number of ether oxygens (including phenoxy) is 2. The number of amides is 2. The Morgan fingerprint density at radius 3 is 2.83 bits per heavy atom. The average Bonchev–Trinajstić information content (AvgIpc) is 3.00. The molecular weight excluding hydrogens is 298 g/mol. The summed E-state index contributed by atoms with van der Waals surface area (Å²) >= 11 is 0. The van der Waals surface area contributed by atoms with Crippen LogP contribution in [0.15, 0.2) is 36.5 Å². The van der Waals surface area contributed by atoms with Crippen LogP contribution in [0.1, 0.15) is 22.8 Å². The summed E-state index contributed by atoms with van der Waals surface area (Å²) in [5.74, 6) is 1.23. The third kappa shape index (κ3) is 3.57. The average molecular weight is 313 g/mol. The number of nitrogens with zero attached hydrogens (tertiary/aromatic N) is 1. The molecule has 1 aliphatic rings. The Bertz CT molecular complexity index is 761. The number of hydrogen-bond donors (Lipinski definition) is 2. The molecule has 2 amide bonds. The molecule has 2 heterocycles. The van der Waals surface area contributed by atoms with Crippen LogP contribution in [0.5, 0.6) is 11.5 Å². The van der Waals surface area contributed by atoms with Crippen LogP contribution in [0, 0.1) is 0 Å². The first kappa shape index (κ1) is 14.8. The van der Waals surface area contributed by atoms with E-state index in [2.05, 4.69) is 15.6 Å². The van der Waals surface area contributed by atoms with Gasteiger partial charge in [0.05, 0.1) is 0 Å². The van der Waals surface area contributed by atoms with Gasteiger partial charge in [0.1, 0.15) is 5.82 Å². The van der Waals surface area contributed by atoms with Crippen molar-refractivity contribution in [3.8, 4) is 11.5 Å². The first-order valence-electron chi connectivity index (χ1n) is 7.02. The topological polar surface area (TPSA) is 89.6 Å². The van der Waals surface area contributed by atoms with Crippen LogP contribution in [0.3, 0.4) is 0 Å². The predicted octanol–water partition coefficient (Wildman–Crippen LogP) is 1.70. The summed E-state index contributed by atoms with van der Waals surface area (Å²) in [5.41, 5.74) is 1.32. The Hall–Kier alpha value is -3.09. The van der Waals surface area contributed by atoms with E-state index in [0.717, 1.165) is 5.56 Å². The SMILES string of the molecule is CC(=O)Nc1cc(C(=O)NCc2ccc3c(c2)OCO3)ccn1. The van der Waals surface area contributed by atoms with Gasteiger partial charge in [0.25, 0.3) is 5.91 Å². The van der Waals surface area contributed by atoms with Crippen LogP contribution in [-0.2, 0) is 11.3 Å². The second-order valence-corrected chi connectivity index (χ2v) is 4.98. The van der Waals surface area contributed by atoms with Gasteiger partial charge in [-0.2, -0.15) is 0 Å². The highest BCUT2D eigenvalue weighted by molar-refractivity contribution is 5.96. The number of carbonyl (C=O) groups excluding carboxylic acids is 2. The fourth-order valence-electron chi connectivity index (χ4n) is 2.16. The number of fused-ring (bicyclic) bond motifs is 1. The summed E-state index contributed by atoms with van der Waals surface area (Å²) in [6, 6.07) is 8.61. The Morgan fingerprint density at radius 1 is 1.17 bits per heavy atom. The number of aromatic nitrogens is 1. The number of benzene rings is 1. The van der Waals surface area contributed by atoms with Gasteiger partial charge < -0.3 is 20.1 Å². The van der Waals surface area contributed by atoms with Gasteiger partial charge in [-0.3, -0.25) is 9.59 Å². The van der Waals surface area contributed by atoms with E-state index in [1.807, 2.05) is 18.2 Å². The largest absolute Gasteiger partial charge is 0.454 e. The van der Waals surface area contributed by atoms with Crippen LogP contribution in [-0.4, -0.2) is 23.6 Å². The molecule has 7 nitrogen and oxygen atoms in total. The molecule has 2 aromatic rings. The summed E-state index contributed by atoms with van der Waals surface area (Å²) in [7, 11) is 0. The van der Waals surface area contributed by atoms with E-state index in [-0.39, 0.29) is 18.6 Å². The number of carbonyl (C=O) groups is 2. The molecule has 0 spiro atoms. The number of hydrogen-bond acceptors (Lipinski definition) is 5. The van der Waals surface area contributed by atoms with Crippen molar-refractivity contribution < 1.29 is 19.1 Å². The smallest absolute Gasteiger partial charge is 0.251 e. The zero-order valence-electron chi connectivity index (χ0n) is 12.5. The number of rotatable bonds is 4. The van der Waals surface area contributed by atoms with Crippen molar-refractivity contribution in [2.45, 2.75) is 13.5 Å². The van der Waals surface area contributed by atoms with Gasteiger partial charge in [-0.25, -0.2) is 4.98 Å². The van der Waals surface area contributed by atoms with Crippen LogP contribution >= 0.6 is 0 Å². The van der Waals surface area contributed by atoms with E-state index in [4.69, 9.17) is 9.47 Å². The maximum atomic E-state index is 12.2. The lowest BCUT2D eigenvalue weighted by molar-refractivity contribution is -0.114. The molecule has 0 unspecified atom stereocenters. The minimum atomic E-state index is -0.253. The zero-order chi connectivity index (χ0) is 16.2. The monoisotopic (exact) mass is 313 g/mol. The third-order valence-electron chi connectivity index (χ3n) is 3.22. The Morgan fingerprint density at radius 2 is 2.00 bits per heavy atom. The second-order valence-electron chi connectivity index (χ2n) is 4.98. The van der Waals surface area contributed by atoms with E-state index in [1.165, 1.54) is 19.2 Å². The van der Waals surface area contributed by atoms with Crippen molar-refractivity contribution >= 4 is 17.6 Å². The molecule has 1 aromatic heterocycles. The first-order valence-corrected chi connectivity index (χ1v) is 7.02. The molecule has 7 heteroatoms. The van der Waals surface area contributed by atoms with Crippen molar-refractivity contribution in [1.82, 2.24) is 10.3 Å². The standard InChI is InChI=1S/C16H15N3O4/c1-10(20)19-15-7-12(4-5-17-15)16(21)18-8-11-2-3-13-14(6-11)23-9-22-13/h2-7H,8-9H2,1H3,(H,18,21)(H,17,19,20). The van der Waals surface area contributed by atoms with Gasteiger partial charge in [-0.05, 0) is 29.8 Å². The fourth-order valence-corrected chi connectivity index (χ4v) is 2.16. The highest BCUT2D eigenvalue weighted by atomic mass is 16.7. The second kappa shape index (κ2) is 6.35. The molecule has 0 atom stereocenters. The lowest BCUT2D eigenvalue weighted by Crippen LogP contribution is -2.23. The molecule has 1 aromatic carbocycles. The zero-order valence-corrected chi connectivity index (χ0v) is 12.5. The molecule has 1 aliphatic heterocycles. The summed E-state index contributed by atoms with van der Waals surface area (Å²) in [5, 5.41) is 5.35. The minimum Gasteiger partial charge on any atom is -0.454 e. The first-order chi connectivity index (χ1) is 11.1. The number of pyridine rings is 1. The van der Waals surface area contributed by atoms with E-state index in [0.29, 0.717) is 29.4 Å². The molecule has 0 fully saturated rings. The van der Waals surface area contributed by atoms with Crippen molar-refractivity contribution in [3.63, 3.8) is 0 Å². The van der Waals surface area contributed by atoms with Crippen molar-refractivity contribution in [1.29, 1.82) is 0 Å². The molecule has 0 saturated carbocycles. The normalized spacial score (nSPS) is 11.9. The Labute approximate surface area is 132 Å². The van der Waals surface area contributed by atoms with Crippen LogP contribution in [0.4, 0.5) is 5.82 Å². The molecule has 0 bridgehead atoms. The number of nitrogens with one attached hydrogen (secondary N) is 2. The van der Waals surface area contributed by atoms with Crippen LogP contribution in [0.25, 0.3) is 0 Å². The van der Waals surface area contributed by atoms with E-state index < -0.39 is 0 Å². The molecular formula is C16H15N3O4. The van der Waals surface area contributed by atoms with Gasteiger partial charge in [0.2, 0.25) is 12.7 Å². The Kier molecular flexibility index (Phi) is 4.09. The van der Waals surface area contributed by atoms with Gasteiger partial charge in [0.15, 0.2) is 11.5 Å². The number of anilines is 1. The van der Waals surface area contributed by atoms with Gasteiger partial charge >= 0.3 is 0 Å². The molecule has 0 radical (unpaired) electrons. The van der Waals surface area contributed by atoms with E-state index in [1.54, 1.807) is 6.07 Å². The molecule has 23 heavy (non-hydrogen) atoms. The van der Waals surface area contributed by atoms with E-state index >= 15 is 0 Å². The maximum Gasteiger partial charge on any atom is 0.251 e. The predicted molar refractivity (Wildman–Crippen MR) is 82.3 cm³/mol. The highest BCUT2D eigenvalue weighted by Gasteiger charge is 2.14. The van der Waals surface area contributed by atoms with Crippen LogP contribution in [0.2, 0.25) is 0 Å². The molecule has 0 aliphatic carbocycles. The molecule has 118 valence electrons. The summed E-state index contributed by atoms with van der Waals surface area (Å²) < 4.78 is 10.5. The third-order valence-corrected chi connectivity index (χ3v) is 3.22. The maximum absolute atomic E-state index is 12.2. The van der Waals surface area contributed by atoms with E-state index in [9.17, 15) is 9.59 Å². The minimum absolute atomic E-state index is 0.216. The lowest BCUT2D eigenvalue weighted by Gasteiger charge is -2.07. The van der Waals surface area contributed by atoms with Crippen molar-refractivity contribution in [2.75, 3.05) is 12.1 Å². The van der Waals surface area contributed by atoms with Crippen molar-refractivity contribution in [3.05, 3.63) is 47.7 Å². The van der Waals surface area contributed by atoms with Crippen LogP contribution < -0.4 is 20.1 Å². The summed E-state index contributed by atoms with van der Waals surface area (Å²) in [6.45, 7) is 1.95. The van der Waals surface area contributed by atoms with Crippen molar-refractivity contribution in [2.24, 2.45) is 0 Å². The highest BCUT2D eigenvalue weighted by Crippen LogP contribution is 2.32. The van der Waals surface area contributed by atoms with Gasteiger partial charge in [-0.1, -0.05) is 6.07 Å². The lowest BCUT2D eigenvalue weighted by atomic mass is 10.2. The Balaban J connectivity index is 1.64. The molecule has 3 rings (SSSR count). The molecule has 0 saturated heterocycles. The van der Waals surface area contributed by atoms with Gasteiger partial charge in [0, 0.05) is 25.2 Å².